The maximum atomic E-state index is 10.3. The molecular formula is CH2N2O8S. The van der Waals surface area contributed by atoms with Gasteiger partial charge >= 0.3 is 16.4 Å². The molecule has 0 bridgehead atoms. The summed E-state index contributed by atoms with van der Waals surface area (Å²) in [5.74, 6) is 0. The van der Waals surface area contributed by atoms with Gasteiger partial charge in [0.1, 0.15) is 0 Å². The first kappa shape index (κ1) is 10.7. The minimum Gasteiger partial charge on any atom is -0.540 e. The van der Waals surface area contributed by atoms with E-state index >= 15 is 0 Å². The van der Waals surface area contributed by atoms with E-state index in [0.717, 1.165) is 0 Å². The molecule has 0 aliphatic carbocycles. The van der Waals surface area contributed by atoms with Crippen LogP contribution < -0.4 is 0 Å². The molecule has 70 valence electrons. The van der Waals surface area contributed by atoms with Crippen LogP contribution in [0.4, 0.5) is 4.79 Å². The first-order valence-corrected chi connectivity index (χ1v) is 3.49. The highest BCUT2D eigenvalue weighted by Gasteiger charge is 2.54. The van der Waals surface area contributed by atoms with Crippen molar-refractivity contribution < 1.29 is 32.1 Å². The minimum absolute atomic E-state index is 2.21. The molecule has 0 aromatic heterocycles. The van der Waals surface area contributed by atoms with Gasteiger partial charge in [0.2, 0.25) is 0 Å². The molecule has 1 unspecified atom stereocenters. The standard InChI is InChI=1S/CH2N2O8S/c4-1(5)3(8,2(6)7)12(9,10)11/h(H,4,5)(H,9,10,11). The van der Waals surface area contributed by atoms with Gasteiger partial charge in [0.15, 0.2) is 4.16 Å². The summed E-state index contributed by atoms with van der Waals surface area (Å²) in [4.78, 5) is 19.4. The molecule has 1 atom stereocenters. The van der Waals surface area contributed by atoms with E-state index in [9.17, 15) is 28.5 Å². The van der Waals surface area contributed by atoms with Crippen molar-refractivity contribution in [2.24, 2.45) is 0 Å². The van der Waals surface area contributed by atoms with E-state index in [1.54, 1.807) is 0 Å². The van der Waals surface area contributed by atoms with E-state index in [4.69, 9.17) is 9.66 Å². The fraction of sp³-hybridized carbons (Fsp3) is 0. The predicted octanol–water partition coefficient (Wildman–Crippen LogP) is -1.03. The molecule has 0 aromatic rings. The summed E-state index contributed by atoms with van der Waals surface area (Å²) >= 11 is 0. The zero-order valence-corrected chi connectivity index (χ0v) is 5.96. The van der Waals surface area contributed by atoms with Crippen LogP contribution in [0.2, 0.25) is 0 Å². The Morgan fingerprint density at radius 1 is 1.50 bits per heavy atom. The van der Waals surface area contributed by atoms with Crippen LogP contribution in [-0.4, -0.2) is 33.4 Å². The summed E-state index contributed by atoms with van der Waals surface area (Å²) in [5.41, 5.74) is 0. The Morgan fingerprint density at radius 2 is 1.83 bits per heavy atom. The van der Waals surface area contributed by atoms with Crippen LogP contribution in [-0.2, 0) is 10.3 Å². The first-order valence-electron chi connectivity index (χ1n) is 2.10. The molecule has 0 aromatic carbocycles. The Kier molecular flexibility index (Phi) is 2.35. The number of amides is 1. The number of rotatable bonds is 2. The highest BCUT2D eigenvalue weighted by atomic mass is 32.2. The number of hydrogen-bond donors (Lipinski definition) is 2. The number of carboxylic acid groups (broad SMARTS) is 1. The van der Waals surface area contributed by atoms with Gasteiger partial charge in [-0.25, -0.2) is 14.7 Å². The fourth-order valence-corrected chi connectivity index (χ4v) is 0.619. The summed E-state index contributed by atoms with van der Waals surface area (Å²) in [7, 11) is -5.88. The molecular weight excluding hydrogens is 200 g/mol. The molecule has 11 heteroatoms. The number of hydrogen-bond acceptors (Lipinski definition) is 6. The lowest BCUT2D eigenvalue weighted by atomic mass is 11.2. The highest BCUT2D eigenvalue weighted by Crippen LogP contribution is 2.11. The van der Waals surface area contributed by atoms with Crippen molar-refractivity contribution in [2.75, 3.05) is 0 Å². The summed E-state index contributed by atoms with van der Waals surface area (Å²) < 4.78 is 23.8. The van der Waals surface area contributed by atoms with Gasteiger partial charge in [-0.2, -0.15) is 4.79 Å². The normalized spacial score (nSPS) is 16.5. The van der Waals surface area contributed by atoms with E-state index in [-0.39, 0.29) is 0 Å². The Bertz CT molecular complexity index is 300. The predicted molar refractivity (Wildman–Crippen MR) is 30.2 cm³/mol. The third-order valence-electron chi connectivity index (χ3n) is 0.769. The van der Waals surface area contributed by atoms with Gasteiger partial charge in [-0.1, -0.05) is 0 Å². The lowest BCUT2D eigenvalue weighted by Crippen LogP contribution is -2.55. The van der Waals surface area contributed by atoms with Gasteiger partial charge in [0.05, 0.1) is 0 Å². The molecule has 10 nitrogen and oxygen atoms in total. The second-order valence-corrected chi connectivity index (χ2v) is 2.88. The monoisotopic (exact) mass is 202 g/mol. The molecule has 0 fully saturated rings. The molecule has 2 N–H and O–H groups in total. The lowest BCUT2D eigenvalue weighted by Gasteiger charge is -2.17. The molecule has 0 spiro atoms. The number of hydroxylamine groups is 1. The number of carbonyl (C=O) groups is 1. The maximum absolute atomic E-state index is 10.3. The van der Waals surface area contributed by atoms with Crippen molar-refractivity contribution in [1.82, 2.24) is 0 Å². The van der Waals surface area contributed by atoms with E-state index < -0.39 is 25.6 Å². The van der Waals surface area contributed by atoms with E-state index in [0.29, 0.717) is 0 Å². The third kappa shape index (κ3) is 1.33. The Balaban J connectivity index is 5.49. The smallest absolute Gasteiger partial charge is 0.540 e. The van der Waals surface area contributed by atoms with Crippen LogP contribution in [0, 0.1) is 15.3 Å². The van der Waals surface area contributed by atoms with E-state index in [1.807, 2.05) is 0 Å². The van der Waals surface area contributed by atoms with Crippen molar-refractivity contribution in [3.63, 3.8) is 0 Å². The largest absolute Gasteiger partial charge is 0.598 e. The Labute approximate surface area is 64.8 Å². The van der Waals surface area contributed by atoms with Crippen molar-refractivity contribution in [1.29, 1.82) is 0 Å². The summed E-state index contributed by atoms with van der Waals surface area (Å²) in [6, 6.07) is 0. The quantitative estimate of drug-likeness (QED) is 0.249. The first-order chi connectivity index (χ1) is 5.14. The number of quaternary nitrogens is 1. The SMILES string of the molecule is O=C(O)[N+]([O-])([N+](=O)[O-])S(=O)(=O)O. The highest BCUT2D eigenvalue weighted by molar-refractivity contribution is 7.80. The number of nitrogens with zero attached hydrogens (tertiary/aromatic N) is 2. The van der Waals surface area contributed by atoms with Crippen LogP contribution in [0.25, 0.3) is 0 Å². The number of nitro groups is 1. The van der Waals surface area contributed by atoms with Crippen LogP contribution in [0.1, 0.15) is 0 Å². The van der Waals surface area contributed by atoms with Gasteiger partial charge in [0.25, 0.3) is 5.03 Å². The molecule has 0 heterocycles. The molecule has 0 aliphatic rings. The van der Waals surface area contributed by atoms with Gasteiger partial charge < -0.3 is 10.3 Å². The van der Waals surface area contributed by atoms with Crippen LogP contribution in [0.5, 0.6) is 0 Å². The molecule has 12 heavy (non-hydrogen) atoms. The van der Waals surface area contributed by atoms with Crippen molar-refractivity contribution >= 4 is 16.4 Å². The average Bonchev–Trinajstić information content (AvgIpc) is 1.82. The molecule has 1 amide bonds. The topological polar surface area (TPSA) is 158 Å². The summed E-state index contributed by atoms with van der Waals surface area (Å²) in [6.07, 6.45) is -2.86. The Morgan fingerprint density at radius 3 is 1.83 bits per heavy atom. The molecule has 0 saturated carbocycles. The summed E-state index contributed by atoms with van der Waals surface area (Å²) in [6.45, 7) is 0. The van der Waals surface area contributed by atoms with E-state index in [2.05, 4.69) is 0 Å². The zero-order chi connectivity index (χ0) is 10.2. The van der Waals surface area contributed by atoms with Crippen LogP contribution >= 0.6 is 0 Å². The van der Waals surface area contributed by atoms with Crippen molar-refractivity contribution in [3.8, 4) is 0 Å². The molecule has 0 aliphatic heterocycles. The van der Waals surface area contributed by atoms with Crippen LogP contribution in [0.15, 0.2) is 0 Å². The molecule has 0 saturated heterocycles. The lowest BCUT2D eigenvalue weighted by molar-refractivity contribution is -1.18. The zero-order valence-electron chi connectivity index (χ0n) is 5.15. The van der Waals surface area contributed by atoms with Crippen molar-refractivity contribution in [3.05, 3.63) is 15.3 Å². The Hall–Kier alpha value is -1.30. The minimum atomic E-state index is -5.88. The third-order valence-corrected chi connectivity index (χ3v) is 1.68. The second kappa shape index (κ2) is 2.63. The maximum Gasteiger partial charge on any atom is 0.598 e. The van der Waals surface area contributed by atoms with Gasteiger partial charge in [-0.05, 0) is 0 Å². The average molecular weight is 202 g/mol. The second-order valence-electron chi connectivity index (χ2n) is 1.49. The molecule has 0 radical (unpaired) electrons. The fourth-order valence-electron chi connectivity index (χ4n) is 0.253. The van der Waals surface area contributed by atoms with E-state index in [1.165, 1.54) is 0 Å². The van der Waals surface area contributed by atoms with Gasteiger partial charge in [-0.3, -0.25) is 0 Å². The summed E-state index contributed by atoms with van der Waals surface area (Å²) in [5, 5.41) is 25.6. The van der Waals surface area contributed by atoms with Crippen LogP contribution in [0.3, 0.4) is 0 Å². The van der Waals surface area contributed by atoms with Crippen molar-refractivity contribution in [2.45, 2.75) is 0 Å². The van der Waals surface area contributed by atoms with Gasteiger partial charge in [0, 0.05) is 0 Å². The van der Waals surface area contributed by atoms with Gasteiger partial charge in [-0.15, -0.1) is 8.42 Å². The molecule has 0 rings (SSSR count).